The maximum atomic E-state index is 13.9. The second kappa shape index (κ2) is 5.35. The smallest absolute Gasteiger partial charge is 0.257 e. The van der Waals surface area contributed by atoms with Gasteiger partial charge in [0.2, 0.25) is 0 Å². The Hall–Kier alpha value is -2.10. The molecule has 3 rings (SSSR count). The third kappa shape index (κ3) is 2.99. The minimum Gasteiger partial charge on any atom is -0.464 e. The van der Waals surface area contributed by atoms with E-state index in [0.717, 1.165) is 29.9 Å². The molecule has 0 spiro atoms. The highest BCUT2D eigenvalue weighted by molar-refractivity contribution is 5.95. The van der Waals surface area contributed by atoms with E-state index < -0.39 is 5.82 Å². The number of amides is 1. The van der Waals surface area contributed by atoms with Crippen LogP contribution in [0.25, 0.3) is 0 Å². The predicted molar refractivity (Wildman–Crippen MR) is 77.5 cm³/mol. The van der Waals surface area contributed by atoms with Crippen LogP contribution in [0.5, 0.6) is 0 Å². The van der Waals surface area contributed by atoms with E-state index in [1.165, 1.54) is 6.07 Å². The monoisotopic (exact) mass is 287 g/mol. The van der Waals surface area contributed by atoms with Crippen LogP contribution in [0.2, 0.25) is 0 Å². The summed E-state index contributed by atoms with van der Waals surface area (Å²) in [5.41, 5.74) is 1.02. The van der Waals surface area contributed by atoms with Crippen LogP contribution in [0, 0.1) is 19.7 Å². The van der Waals surface area contributed by atoms with Crippen LogP contribution in [-0.4, -0.2) is 16.8 Å². The molecule has 21 heavy (non-hydrogen) atoms. The van der Waals surface area contributed by atoms with Crippen molar-refractivity contribution < 1.29 is 13.6 Å². The summed E-state index contributed by atoms with van der Waals surface area (Å²) in [7, 11) is 0. The van der Waals surface area contributed by atoms with Gasteiger partial charge in [0.1, 0.15) is 17.3 Å². The zero-order valence-electron chi connectivity index (χ0n) is 12.2. The fraction of sp³-hybridized carbons (Fsp3) is 0.353. The van der Waals surface area contributed by atoms with Crippen LogP contribution in [0.3, 0.4) is 0 Å². The van der Waals surface area contributed by atoms with Crippen molar-refractivity contribution in [3.8, 4) is 0 Å². The summed E-state index contributed by atoms with van der Waals surface area (Å²) in [5.74, 6) is 0.829. The van der Waals surface area contributed by atoms with Gasteiger partial charge in [0, 0.05) is 6.04 Å². The van der Waals surface area contributed by atoms with Gasteiger partial charge in [-0.15, -0.1) is 0 Å². The maximum absolute atomic E-state index is 13.9. The lowest BCUT2D eigenvalue weighted by Crippen LogP contribution is -2.33. The molecule has 0 atom stereocenters. The molecular formula is C17H18FNO2. The molecule has 110 valence electrons. The minimum absolute atomic E-state index is 0.144. The van der Waals surface area contributed by atoms with Gasteiger partial charge >= 0.3 is 0 Å². The molecule has 1 heterocycles. The molecule has 3 nitrogen and oxygen atoms in total. The summed E-state index contributed by atoms with van der Waals surface area (Å²) in [6.07, 6.45) is 1.94. The highest BCUT2D eigenvalue weighted by Crippen LogP contribution is 2.30. The fourth-order valence-corrected chi connectivity index (χ4v) is 2.45. The van der Waals surface area contributed by atoms with Gasteiger partial charge in [0.05, 0.1) is 12.1 Å². The number of carbonyl (C=O) groups is 1. The molecule has 0 bridgehead atoms. The number of carbonyl (C=O) groups excluding carboxylic acids is 1. The van der Waals surface area contributed by atoms with Crippen LogP contribution in [0.15, 0.2) is 34.7 Å². The van der Waals surface area contributed by atoms with Crippen molar-refractivity contribution in [2.24, 2.45) is 0 Å². The van der Waals surface area contributed by atoms with Crippen LogP contribution in [-0.2, 0) is 6.54 Å². The Morgan fingerprint density at radius 2 is 2.05 bits per heavy atom. The summed E-state index contributed by atoms with van der Waals surface area (Å²) >= 11 is 0. The fourth-order valence-electron chi connectivity index (χ4n) is 2.45. The van der Waals surface area contributed by atoms with E-state index in [1.54, 1.807) is 17.0 Å². The lowest BCUT2D eigenvalue weighted by molar-refractivity contribution is 0.0712. The lowest BCUT2D eigenvalue weighted by atomic mass is 10.1. The SMILES string of the molecule is Cc1ccc(F)c(C(=O)N(Cc2ccc(C)o2)C2CC2)c1. The minimum atomic E-state index is -0.466. The molecule has 4 heteroatoms. The summed E-state index contributed by atoms with van der Waals surface area (Å²) < 4.78 is 19.5. The third-order valence-electron chi connectivity index (χ3n) is 3.72. The molecule has 0 saturated heterocycles. The molecule has 0 aliphatic heterocycles. The van der Waals surface area contributed by atoms with E-state index in [1.807, 2.05) is 26.0 Å². The standard InChI is InChI=1S/C17H18FNO2/c1-11-3-8-16(18)15(9-11)17(20)19(13-5-6-13)10-14-7-4-12(2)21-14/h3-4,7-9,13H,5-6,10H2,1-2H3. The van der Waals surface area contributed by atoms with Crippen molar-refractivity contribution in [2.75, 3.05) is 0 Å². The van der Waals surface area contributed by atoms with Crippen LogP contribution < -0.4 is 0 Å². The highest BCUT2D eigenvalue weighted by Gasteiger charge is 2.34. The molecule has 1 aromatic heterocycles. The van der Waals surface area contributed by atoms with Crippen molar-refractivity contribution in [3.63, 3.8) is 0 Å². The Morgan fingerprint density at radius 3 is 2.67 bits per heavy atom. The molecule has 1 aliphatic carbocycles. The van der Waals surface area contributed by atoms with Crippen molar-refractivity contribution in [2.45, 2.75) is 39.3 Å². The number of nitrogens with zero attached hydrogens (tertiary/aromatic N) is 1. The van der Waals surface area contributed by atoms with Gasteiger partial charge in [-0.05, 0) is 51.0 Å². The van der Waals surface area contributed by atoms with Gasteiger partial charge in [0.15, 0.2) is 0 Å². The van der Waals surface area contributed by atoms with Gasteiger partial charge in [-0.1, -0.05) is 11.6 Å². The topological polar surface area (TPSA) is 33.5 Å². The van der Waals surface area contributed by atoms with Gasteiger partial charge in [-0.25, -0.2) is 4.39 Å². The predicted octanol–water partition coefficient (Wildman–Crippen LogP) is 3.84. The zero-order chi connectivity index (χ0) is 15.0. The van der Waals surface area contributed by atoms with E-state index >= 15 is 0 Å². The third-order valence-corrected chi connectivity index (χ3v) is 3.72. The first-order valence-electron chi connectivity index (χ1n) is 7.17. The Labute approximate surface area is 123 Å². The van der Waals surface area contributed by atoms with Crippen LogP contribution >= 0.6 is 0 Å². The number of furan rings is 1. The van der Waals surface area contributed by atoms with Gasteiger partial charge in [-0.3, -0.25) is 4.79 Å². The van der Waals surface area contributed by atoms with E-state index in [2.05, 4.69) is 0 Å². The maximum Gasteiger partial charge on any atom is 0.257 e. The van der Waals surface area contributed by atoms with E-state index in [0.29, 0.717) is 6.54 Å². The van der Waals surface area contributed by atoms with Gasteiger partial charge in [-0.2, -0.15) is 0 Å². The summed E-state index contributed by atoms with van der Waals surface area (Å²) in [5, 5.41) is 0. The molecule has 1 aromatic carbocycles. The van der Waals surface area contributed by atoms with Crippen LogP contribution in [0.1, 0.15) is 40.3 Å². The Morgan fingerprint density at radius 1 is 1.29 bits per heavy atom. The molecule has 2 aromatic rings. The summed E-state index contributed by atoms with van der Waals surface area (Å²) in [6.45, 7) is 4.12. The van der Waals surface area contributed by atoms with E-state index in [4.69, 9.17) is 4.42 Å². The first kappa shape index (κ1) is 13.9. The Balaban J connectivity index is 1.86. The van der Waals surface area contributed by atoms with Gasteiger partial charge in [0.25, 0.3) is 5.91 Å². The molecule has 0 radical (unpaired) electrons. The Kier molecular flexibility index (Phi) is 3.53. The van der Waals surface area contributed by atoms with E-state index in [9.17, 15) is 9.18 Å². The molecular weight excluding hydrogens is 269 g/mol. The number of hydrogen-bond donors (Lipinski definition) is 0. The number of aryl methyl sites for hydroxylation is 2. The quantitative estimate of drug-likeness (QED) is 0.856. The second-order valence-electron chi connectivity index (χ2n) is 5.66. The first-order chi connectivity index (χ1) is 10.0. The lowest BCUT2D eigenvalue weighted by Gasteiger charge is -2.21. The highest BCUT2D eigenvalue weighted by atomic mass is 19.1. The molecule has 1 saturated carbocycles. The summed E-state index contributed by atoms with van der Waals surface area (Å²) in [4.78, 5) is 14.4. The molecule has 1 fully saturated rings. The van der Waals surface area contributed by atoms with Crippen molar-refractivity contribution >= 4 is 5.91 Å². The number of rotatable bonds is 4. The van der Waals surface area contributed by atoms with Crippen LogP contribution in [0.4, 0.5) is 4.39 Å². The van der Waals surface area contributed by atoms with Crippen molar-refractivity contribution in [1.29, 1.82) is 0 Å². The van der Waals surface area contributed by atoms with E-state index in [-0.39, 0.29) is 17.5 Å². The molecule has 1 amide bonds. The zero-order valence-corrected chi connectivity index (χ0v) is 12.2. The molecule has 1 aliphatic rings. The normalized spacial score (nSPS) is 14.2. The Bertz CT molecular complexity index is 673. The molecule has 0 unspecified atom stereocenters. The average molecular weight is 287 g/mol. The van der Waals surface area contributed by atoms with Crippen molar-refractivity contribution in [1.82, 2.24) is 4.90 Å². The van der Waals surface area contributed by atoms with Crippen molar-refractivity contribution in [3.05, 3.63) is 58.8 Å². The van der Waals surface area contributed by atoms with Gasteiger partial charge < -0.3 is 9.32 Å². The largest absolute Gasteiger partial charge is 0.464 e. The average Bonchev–Trinajstić information content (AvgIpc) is 3.21. The summed E-state index contributed by atoms with van der Waals surface area (Å²) in [6, 6.07) is 8.57. The second-order valence-corrected chi connectivity index (χ2v) is 5.66. The first-order valence-corrected chi connectivity index (χ1v) is 7.17. The number of benzene rings is 1. The number of halogens is 1. The number of hydrogen-bond acceptors (Lipinski definition) is 2. The molecule has 0 N–H and O–H groups in total.